The van der Waals surface area contributed by atoms with Crippen LogP contribution >= 0.6 is 11.8 Å². The van der Waals surface area contributed by atoms with E-state index in [-0.39, 0.29) is 18.0 Å². The van der Waals surface area contributed by atoms with Crippen LogP contribution in [0.1, 0.15) is 20.3 Å². The maximum absolute atomic E-state index is 12.4. The van der Waals surface area contributed by atoms with Gasteiger partial charge < -0.3 is 15.0 Å². The molecule has 1 atom stereocenters. The molecule has 0 aliphatic carbocycles. The SMILES string of the molecule is CSCCC(NC(=O)C(C)(C)Cn1ccccc1=O)C(=O)O. The van der Waals surface area contributed by atoms with Gasteiger partial charge in [0.05, 0.1) is 5.41 Å². The number of rotatable bonds is 8. The van der Waals surface area contributed by atoms with Crippen LogP contribution in [0.4, 0.5) is 0 Å². The van der Waals surface area contributed by atoms with Crippen LogP contribution in [0.15, 0.2) is 29.2 Å². The number of aliphatic carboxylic acids is 1. The summed E-state index contributed by atoms with van der Waals surface area (Å²) in [5.74, 6) is -0.776. The standard InChI is InChI=1S/C15H22N2O4S/c1-15(2,10-17-8-5-4-6-12(17)18)14(21)16-11(13(19)20)7-9-22-3/h4-6,8,11H,7,9-10H2,1-3H3,(H,16,21)(H,19,20). The van der Waals surface area contributed by atoms with Crippen molar-refractivity contribution in [3.05, 3.63) is 34.7 Å². The molecule has 0 radical (unpaired) electrons. The van der Waals surface area contributed by atoms with Crippen LogP contribution in [0.3, 0.4) is 0 Å². The highest BCUT2D eigenvalue weighted by atomic mass is 32.2. The molecule has 0 aliphatic rings. The Morgan fingerprint density at radius 1 is 1.41 bits per heavy atom. The van der Waals surface area contributed by atoms with Crippen LogP contribution in [-0.4, -0.2) is 39.6 Å². The van der Waals surface area contributed by atoms with Crippen molar-refractivity contribution < 1.29 is 14.7 Å². The van der Waals surface area contributed by atoms with E-state index in [2.05, 4.69) is 5.32 Å². The molecule has 7 heteroatoms. The van der Waals surface area contributed by atoms with Crippen molar-refractivity contribution in [3.63, 3.8) is 0 Å². The zero-order valence-corrected chi connectivity index (χ0v) is 13.9. The summed E-state index contributed by atoms with van der Waals surface area (Å²) >= 11 is 1.53. The minimum absolute atomic E-state index is 0.188. The summed E-state index contributed by atoms with van der Waals surface area (Å²) in [4.78, 5) is 35.3. The minimum Gasteiger partial charge on any atom is -0.480 e. The predicted molar refractivity (Wildman–Crippen MR) is 87.0 cm³/mol. The molecule has 0 saturated heterocycles. The molecule has 0 aliphatic heterocycles. The topological polar surface area (TPSA) is 88.4 Å². The average molecular weight is 326 g/mol. The molecule has 0 bridgehead atoms. The van der Waals surface area contributed by atoms with Crippen LogP contribution in [0.5, 0.6) is 0 Å². The number of aromatic nitrogens is 1. The number of hydrogen-bond donors (Lipinski definition) is 2. The number of carboxylic acid groups (broad SMARTS) is 1. The normalized spacial score (nSPS) is 12.7. The van der Waals surface area contributed by atoms with E-state index in [1.165, 1.54) is 22.4 Å². The first-order chi connectivity index (χ1) is 10.3. The van der Waals surface area contributed by atoms with Gasteiger partial charge in [-0.05, 0) is 38.3 Å². The number of thioether (sulfide) groups is 1. The van der Waals surface area contributed by atoms with Gasteiger partial charge in [0.25, 0.3) is 5.56 Å². The minimum atomic E-state index is -1.05. The van der Waals surface area contributed by atoms with Crippen molar-refractivity contribution in [2.24, 2.45) is 5.41 Å². The summed E-state index contributed by atoms with van der Waals surface area (Å²) in [6, 6.07) is 3.86. The van der Waals surface area contributed by atoms with Crippen LogP contribution in [0.2, 0.25) is 0 Å². The smallest absolute Gasteiger partial charge is 0.326 e. The average Bonchev–Trinajstić information content (AvgIpc) is 2.45. The lowest BCUT2D eigenvalue weighted by atomic mass is 9.91. The second-order valence-electron chi connectivity index (χ2n) is 5.70. The summed E-state index contributed by atoms with van der Waals surface area (Å²) in [5.41, 5.74) is -1.08. The highest BCUT2D eigenvalue weighted by Crippen LogP contribution is 2.18. The number of hydrogen-bond acceptors (Lipinski definition) is 4. The van der Waals surface area contributed by atoms with Gasteiger partial charge in [-0.1, -0.05) is 6.07 Å². The van der Waals surface area contributed by atoms with E-state index in [9.17, 15) is 14.4 Å². The van der Waals surface area contributed by atoms with Crippen LogP contribution in [0, 0.1) is 5.41 Å². The second-order valence-corrected chi connectivity index (χ2v) is 6.68. The van der Waals surface area contributed by atoms with Gasteiger partial charge >= 0.3 is 5.97 Å². The summed E-state index contributed by atoms with van der Waals surface area (Å²) < 4.78 is 1.44. The number of carbonyl (C=O) groups excluding carboxylic acids is 1. The van der Waals surface area contributed by atoms with Crippen molar-refractivity contribution >= 4 is 23.6 Å². The lowest BCUT2D eigenvalue weighted by Crippen LogP contribution is -2.48. The van der Waals surface area contributed by atoms with Gasteiger partial charge in [0.2, 0.25) is 5.91 Å². The zero-order chi connectivity index (χ0) is 16.8. The molecule has 0 spiro atoms. The largest absolute Gasteiger partial charge is 0.480 e. The number of carbonyl (C=O) groups is 2. The number of amides is 1. The van der Waals surface area contributed by atoms with Crippen molar-refractivity contribution in [3.8, 4) is 0 Å². The molecular weight excluding hydrogens is 304 g/mol. The first-order valence-electron chi connectivity index (χ1n) is 6.96. The molecule has 1 rings (SSSR count). The Labute approximate surface area is 133 Å². The Balaban J connectivity index is 2.78. The maximum atomic E-state index is 12.4. The van der Waals surface area contributed by atoms with Crippen molar-refractivity contribution in [1.29, 1.82) is 0 Å². The van der Waals surface area contributed by atoms with Crippen molar-refractivity contribution in [2.45, 2.75) is 32.9 Å². The Bertz CT molecular complexity index is 583. The van der Waals surface area contributed by atoms with Crippen LogP contribution in [-0.2, 0) is 16.1 Å². The first-order valence-corrected chi connectivity index (χ1v) is 8.35. The van der Waals surface area contributed by atoms with Crippen molar-refractivity contribution in [2.75, 3.05) is 12.0 Å². The van der Waals surface area contributed by atoms with Gasteiger partial charge in [-0.25, -0.2) is 4.79 Å². The Kier molecular flexibility index (Phi) is 6.67. The number of carboxylic acids is 1. The van der Waals surface area contributed by atoms with Crippen molar-refractivity contribution in [1.82, 2.24) is 9.88 Å². The van der Waals surface area contributed by atoms with Crippen LogP contribution in [0.25, 0.3) is 0 Å². The van der Waals surface area contributed by atoms with E-state index >= 15 is 0 Å². The molecule has 6 nitrogen and oxygen atoms in total. The summed E-state index contributed by atoms with van der Waals surface area (Å²) in [7, 11) is 0. The fraction of sp³-hybridized carbons (Fsp3) is 0.533. The van der Waals surface area contributed by atoms with E-state index in [0.717, 1.165) is 0 Å². The highest BCUT2D eigenvalue weighted by Gasteiger charge is 2.31. The Hall–Kier alpha value is -1.76. The van der Waals surface area contributed by atoms with E-state index in [4.69, 9.17) is 5.11 Å². The third-order valence-corrected chi connectivity index (χ3v) is 3.94. The monoisotopic (exact) mass is 326 g/mol. The number of nitrogens with zero attached hydrogens (tertiary/aromatic N) is 1. The maximum Gasteiger partial charge on any atom is 0.326 e. The molecule has 0 aromatic carbocycles. The molecule has 2 N–H and O–H groups in total. The zero-order valence-electron chi connectivity index (χ0n) is 13.0. The molecular formula is C15H22N2O4S. The first kappa shape index (κ1) is 18.3. The summed E-state index contributed by atoms with van der Waals surface area (Å²) in [6.07, 6.45) is 3.86. The molecule has 122 valence electrons. The second kappa shape index (κ2) is 8.03. The predicted octanol–water partition coefficient (Wildman–Crippen LogP) is 1.20. The number of pyridine rings is 1. The van der Waals surface area contributed by atoms with Gasteiger partial charge in [0, 0.05) is 18.8 Å². The van der Waals surface area contributed by atoms with E-state index in [1.807, 2.05) is 6.26 Å². The molecule has 1 amide bonds. The quantitative estimate of drug-likeness (QED) is 0.749. The van der Waals surface area contributed by atoms with Gasteiger partial charge in [0.1, 0.15) is 6.04 Å². The van der Waals surface area contributed by atoms with Crippen LogP contribution < -0.4 is 10.9 Å². The third-order valence-electron chi connectivity index (χ3n) is 3.29. The van der Waals surface area contributed by atoms with Gasteiger partial charge in [-0.15, -0.1) is 0 Å². The van der Waals surface area contributed by atoms with Gasteiger partial charge in [-0.2, -0.15) is 11.8 Å². The highest BCUT2D eigenvalue weighted by molar-refractivity contribution is 7.98. The molecule has 1 heterocycles. The Morgan fingerprint density at radius 2 is 2.09 bits per heavy atom. The van der Waals surface area contributed by atoms with Gasteiger partial charge in [-0.3, -0.25) is 9.59 Å². The van der Waals surface area contributed by atoms with Gasteiger partial charge in [0.15, 0.2) is 0 Å². The lowest BCUT2D eigenvalue weighted by molar-refractivity contribution is -0.143. The fourth-order valence-electron chi connectivity index (χ4n) is 1.94. The molecule has 1 unspecified atom stereocenters. The molecule has 1 aromatic heterocycles. The van der Waals surface area contributed by atoms with E-state index in [0.29, 0.717) is 12.2 Å². The summed E-state index contributed by atoms with van der Waals surface area (Å²) in [6.45, 7) is 3.57. The molecule has 0 fully saturated rings. The lowest BCUT2D eigenvalue weighted by Gasteiger charge is -2.26. The fourth-order valence-corrected chi connectivity index (χ4v) is 2.41. The third kappa shape index (κ3) is 5.22. The molecule has 22 heavy (non-hydrogen) atoms. The molecule has 0 saturated carbocycles. The number of nitrogens with one attached hydrogen (secondary N) is 1. The Morgan fingerprint density at radius 3 is 2.64 bits per heavy atom. The summed E-state index contributed by atoms with van der Waals surface area (Å²) in [5, 5.41) is 11.7. The molecule has 1 aromatic rings. The van der Waals surface area contributed by atoms with E-state index in [1.54, 1.807) is 32.2 Å². The van der Waals surface area contributed by atoms with E-state index < -0.39 is 17.4 Å².